The number of aromatic nitrogens is 1. The topological polar surface area (TPSA) is 42.4 Å². The molecule has 3 nitrogen and oxygen atoms in total. The maximum absolute atomic E-state index is 13.5. The van der Waals surface area contributed by atoms with Crippen LogP contribution in [0.5, 0.6) is 5.75 Å². The van der Waals surface area contributed by atoms with E-state index in [4.69, 9.17) is 4.74 Å². The van der Waals surface area contributed by atoms with Gasteiger partial charge in [-0.1, -0.05) is 30.3 Å². The third-order valence-electron chi connectivity index (χ3n) is 3.48. The molecule has 0 spiro atoms. The highest BCUT2D eigenvalue weighted by atomic mass is 19.1. The summed E-state index contributed by atoms with van der Waals surface area (Å²) in [6.45, 7) is 0. The van der Waals surface area contributed by atoms with Gasteiger partial charge in [0.05, 0.1) is 7.11 Å². The number of aliphatic hydroxyl groups is 1. The third-order valence-corrected chi connectivity index (χ3v) is 3.48. The Balaban J connectivity index is 2.10. The first-order valence-electron chi connectivity index (χ1n) is 6.55. The van der Waals surface area contributed by atoms with Gasteiger partial charge in [-0.15, -0.1) is 0 Å². The van der Waals surface area contributed by atoms with Crippen LogP contribution in [0.3, 0.4) is 0 Å². The van der Waals surface area contributed by atoms with E-state index in [1.807, 2.05) is 24.3 Å². The smallest absolute Gasteiger partial charge is 0.165 e. The summed E-state index contributed by atoms with van der Waals surface area (Å²) in [5.41, 5.74) is 1.24. The largest absolute Gasteiger partial charge is 0.494 e. The number of pyridine rings is 1. The number of halogens is 1. The Morgan fingerprint density at radius 3 is 2.76 bits per heavy atom. The fourth-order valence-electron chi connectivity index (χ4n) is 2.38. The highest BCUT2D eigenvalue weighted by molar-refractivity contribution is 5.85. The molecule has 0 bridgehead atoms. The number of benzene rings is 2. The van der Waals surface area contributed by atoms with Crippen LogP contribution in [0.2, 0.25) is 0 Å². The molecule has 3 aromatic rings. The van der Waals surface area contributed by atoms with E-state index in [0.29, 0.717) is 11.1 Å². The normalized spacial score (nSPS) is 12.3. The molecule has 1 heterocycles. The van der Waals surface area contributed by atoms with Crippen LogP contribution >= 0.6 is 0 Å². The molecule has 0 fully saturated rings. The van der Waals surface area contributed by atoms with E-state index in [1.165, 1.54) is 19.2 Å². The first-order chi connectivity index (χ1) is 10.2. The molecule has 106 valence electrons. The molecular formula is C17H14FNO2. The molecule has 4 heteroatoms. The van der Waals surface area contributed by atoms with Crippen LogP contribution in [-0.2, 0) is 0 Å². The van der Waals surface area contributed by atoms with E-state index >= 15 is 0 Å². The molecule has 0 aliphatic rings. The number of rotatable bonds is 3. The maximum Gasteiger partial charge on any atom is 0.165 e. The summed E-state index contributed by atoms with van der Waals surface area (Å²) < 4.78 is 18.4. The summed E-state index contributed by atoms with van der Waals surface area (Å²) in [7, 11) is 1.40. The monoisotopic (exact) mass is 283 g/mol. The van der Waals surface area contributed by atoms with Crippen molar-refractivity contribution < 1.29 is 14.2 Å². The molecule has 0 radical (unpaired) electrons. The van der Waals surface area contributed by atoms with Gasteiger partial charge in [0, 0.05) is 23.3 Å². The lowest BCUT2D eigenvalue weighted by Crippen LogP contribution is -2.02. The highest BCUT2D eigenvalue weighted by Gasteiger charge is 2.16. The summed E-state index contributed by atoms with van der Waals surface area (Å²) in [5.74, 6) is -0.343. The molecule has 1 N–H and O–H groups in total. The van der Waals surface area contributed by atoms with Crippen LogP contribution in [-0.4, -0.2) is 17.2 Å². The van der Waals surface area contributed by atoms with E-state index in [0.717, 1.165) is 10.8 Å². The van der Waals surface area contributed by atoms with E-state index in [-0.39, 0.29) is 5.75 Å². The average Bonchev–Trinajstić information content (AvgIpc) is 2.54. The molecule has 3 rings (SSSR count). The van der Waals surface area contributed by atoms with Gasteiger partial charge in [-0.05, 0) is 23.1 Å². The summed E-state index contributed by atoms with van der Waals surface area (Å²) >= 11 is 0. The van der Waals surface area contributed by atoms with Crippen molar-refractivity contribution in [2.24, 2.45) is 0 Å². The fraction of sp³-hybridized carbons (Fsp3) is 0.118. The van der Waals surface area contributed by atoms with Gasteiger partial charge in [0.25, 0.3) is 0 Å². The van der Waals surface area contributed by atoms with Crippen molar-refractivity contribution in [2.45, 2.75) is 6.10 Å². The molecule has 2 aromatic carbocycles. The van der Waals surface area contributed by atoms with Crippen molar-refractivity contribution in [3.8, 4) is 5.75 Å². The van der Waals surface area contributed by atoms with Crippen LogP contribution in [0.25, 0.3) is 10.8 Å². The average molecular weight is 283 g/mol. The first-order valence-corrected chi connectivity index (χ1v) is 6.55. The molecule has 1 aromatic heterocycles. The lowest BCUT2D eigenvalue weighted by Gasteiger charge is -2.15. The summed E-state index contributed by atoms with van der Waals surface area (Å²) in [4.78, 5) is 4.15. The zero-order valence-electron chi connectivity index (χ0n) is 11.5. The van der Waals surface area contributed by atoms with Gasteiger partial charge >= 0.3 is 0 Å². The number of hydrogen-bond donors (Lipinski definition) is 1. The van der Waals surface area contributed by atoms with E-state index in [9.17, 15) is 9.50 Å². The quantitative estimate of drug-likeness (QED) is 0.800. The van der Waals surface area contributed by atoms with Crippen LogP contribution in [0, 0.1) is 5.82 Å². The second kappa shape index (κ2) is 5.50. The number of hydrogen-bond acceptors (Lipinski definition) is 3. The summed E-state index contributed by atoms with van der Waals surface area (Å²) in [5, 5.41) is 12.4. The van der Waals surface area contributed by atoms with Crippen molar-refractivity contribution >= 4 is 10.8 Å². The van der Waals surface area contributed by atoms with Gasteiger partial charge in [-0.25, -0.2) is 4.39 Å². The molecule has 21 heavy (non-hydrogen) atoms. The Morgan fingerprint density at radius 1 is 1.14 bits per heavy atom. The van der Waals surface area contributed by atoms with Gasteiger partial charge in [0.2, 0.25) is 0 Å². The fourth-order valence-corrected chi connectivity index (χ4v) is 2.38. The Labute approximate surface area is 121 Å². The molecule has 1 atom stereocenters. The van der Waals surface area contributed by atoms with Crippen LogP contribution in [0.4, 0.5) is 4.39 Å². The Hall–Kier alpha value is -2.46. The standard InChI is InChI=1S/C17H14FNO2/c1-21-16-8-11(6-7-15(16)18)17(20)14-10-19-9-12-4-2-3-5-13(12)14/h2-10,17,20H,1H3. The zero-order chi connectivity index (χ0) is 14.8. The Bertz CT molecular complexity index is 783. The van der Waals surface area contributed by atoms with E-state index < -0.39 is 11.9 Å². The molecule has 0 aliphatic heterocycles. The third kappa shape index (κ3) is 2.45. The highest BCUT2D eigenvalue weighted by Crippen LogP contribution is 2.30. The zero-order valence-corrected chi connectivity index (χ0v) is 11.5. The maximum atomic E-state index is 13.5. The molecule has 0 amide bonds. The first kappa shape index (κ1) is 13.5. The molecule has 0 saturated heterocycles. The van der Waals surface area contributed by atoms with Crippen molar-refractivity contribution in [3.05, 3.63) is 71.8 Å². The molecule has 0 saturated carbocycles. The second-order valence-electron chi connectivity index (χ2n) is 4.75. The Kier molecular flexibility index (Phi) is 3.54. The molecule has 1 unspecified atom stereocenters. The minimum absolute atomic E-state index is 0.111. The number of ether oxygens (including phenoxy) is 1. The van der Waals surface area contributed by atoms with Crippen LogP contribution in [0.15, 0.2) is 54.9 Å². The van der Waals surface area contributed by atoms with Crippen LogP contribution in [0.1, 0.15) is 17.2 Å². The van der Waals surface area contributed by atoms with E-state index in [1.54, 1.807) is 18.5 Å². The van der Waals surface area contributed by atoms with Gasteiger partial charge in [-0.2, -0.15) is 0 Å². The molecular weight excluding hydrogens is 269 g/mol. The van der Waals surface area contributed by atoms with Gasteiger partial charge in [0.1, 0.15) is 6.10 Å². The van der Waals surface area contributed by atoms with Crippen LogP contribution < -0.4 is 4.74 Å². The number of methoxy groups -OCH3 is 1. The minimum Gasteiger partial charge on any atom is -0.494 e. The number of aliphatic hydroxyl groups excluding tert-OH is 1. The lowest BCUT2D eigenvalue weighted by atomic mass is 9.98. The minimum atomic E-state index is -0.891. The van der Waals surface area contributed by atoms with Gasteiger partial charge < -0.3 is 9.84 Å². The summed E-state index contributed by atoms with van der Waals surface area (Å²) in [6, 6.07) is 12.0. The molecule has 0 aliphatic carbocycles. The number of fused-ring (bicyclic) bond motifs is 1. The van der Waals surface area contributed by atoms with Crippen molar-refractivity contribution in [3.63, 3.8) is 0 Å². The van der Waals surface area contributed by atoms with Gasteiger partial charge in [-0.3, -0.25) is 4.98 Å². The number of nitrogens with zero attached hydrogens (tertiary/aromatic N) is 1. The van der Waals surface area contributed by atoms with Gasteiger partial charge in [0.15, 0.2) is 11.6 Å². The van der Waals surface area contributed by atoms with Crippen molar-refractivity contribution in [1.82, 2.24) is 4.98 Å². The lowest BCUT2D eigenvalue weighted by molar-refractivity contribution is 0.220. The predicted octanol–water partition coefficient (Wildman–Crippen LogP) is 3.46. The second-order valence-corrected chi connectivity index (χ2v) is 4.75. The van der Waals surface area contributed by atoms with Crippen molar-refractivity contribution in [2.75, 3.05) is 7.11 Å². The van der Waals surface area contributed by atoms with E-state index in [2.05, 4.69) is 4.98 Å². The Morgan fingerprint density at radius 2 is 1.95 bits per heavy atom. The summed E-state index contributed by atoms with van der Waals surface area (Å²) in [6.07, 6.45) is 2.48. The SMILES string of the molecule is COc1cc(C(O)c2cncc3ccccc23)ccc1F. The predicted molar refractivity (Wildman–Crippen MR) is 78.8 cm³/mol. The van der Waals surface area contributed by atoms with Crippen molar-refractivity contribution in [1.29, 1.82) is 0 Å².